The van der Waals surface area contributed by atoms with Crippen LogP contribution in [0.4, 0.5) is 0 Å². The van der Waals surface area contributed by atoms with E-state index >= 15 is 0 Å². The highest BCUT2D eigenvalue weighted by Gasteiger charge is 2.22. The van der Waals surface area contributed by atoms with Crippen molar-refractivity contribution in [3.05, 3.63) is 58.2 Å². The normalized spacial score (nSPS) is 14.2. The molecule has 3 heterocycles. The molecule has 0 fully saturated rings. The Bertz CT molecular complexity index is 1370. The highest BCUT2D eigenvalue weighted by molar-refractivity contribution is 6.64. The lowest BCUT2D eigenvalue weighted by molar-refractivity contribution is -0.112. The van der Waals surface area contributed by atoms with E-state index in [-0.39, 0.29) is 11.8 Å². The van der Waals surface area contributed by atoms with Gasteiger partial charge in [0.25, 0.3) is 5.89 Å². The number of halogens is 2. The van der Waals surface area contributed by atoms with Gasteiger partial charge in [0, 0.05) is 47.4 Å². The molecule has 5 rings (SSSR count). The molecule has 0 radical (unpaired) electrons. The first-order valence-corrected chi connectivity index (χ1v) is 11.7. The molecule has 2 aromatic carbocycles. The molecule has 0 saturated heterocycles. The Morgan fingerprint density at radius 1 is 1.24 bits per heavy atom. The van der Waals surface area contributed by atoms with Crippen molar-refractivity contribution in [1.82, 2.24) is 19.6 Å². The molecule has 0 atom stereocenters. The van der Waals surface area contributed by atoms with Crippen molar-refractivity contribution in [2.45, 2.75) is 39.8 Å². The van der Waals surface area contributed by atoms with E-state index in [0.29, 0.717) is 29.3 Å². The molecule has 4 aromatic rings. The van der Waals surface area contributed by atoms with Crippen LogP contribution in [0.25, 0.3) is 33.7 Å². The molecule has 8 heteroatoms. The van der Waals surface area contributed by atoms with Gasteiger partial charge in [-0.15, -0.1) is 0 Å². The van der Waals surface area contributed by atoms with Crippen LogP contribution in [-0.4, -0.2) is 37.9 Å². The molecule has 0 bridgehead atoms. The molecule has 2 aromatic heterocycles. The Morgan fingerprint density at radius 3 is 2.82 bits per heavy atom. The summed E-state index contributed by atoms with van der Waals surface area (Å²) in [6, 6.07) is 10.5. The summed E-state index contributed by atoms with van der Waals surface area (Å²) >= 11 is 12.1. The van der Waals surface area contributed by atoms with E-state index < -0.39 is 0 Å². The summed E-state index contributed by atoms with van der Waals surface area (Å²) in [5.41, 5.74) is 6.50. The fourth-order valence-electron chi connectivity index (χ4n) is 4.68. The molecule has 6 nitrogen and oxygen atoms in total. The van der Waals surface area contributed by atoms with E-state index in [1.54, 1.807) is 0 Å². The van der Waals surface area contributed by atoms with Gasteiger partial charge in [-0.2, -0.15) is 4.98 Å². The average Bonchev–Trinajstić information content (AvgIpc) is 3.38. The van der Waals surface area contributed by atoms with Gasteiger partial charge in [0.05, 0.1) is 11.6 Å². The Balaban J connectivity index is 1.46. The summed E-state index contributed by atoms with van der Waals surface area (Å²) in [6.07, 6.45) is 2.81. The molecule has 33 heavy (non-hydrogen) atoms. The summed E-state index contributed by atoms with van der Waals surface area (Å²) in [5.74, 6) is 1.03. The maximum Gasteiger partial charge on any atom is 0.258 e. The Labute approximate surface area is 202 Å². The van der Waals surface area contributed by atoms with Crippen LogP contribution in [0.15, 0.2) is 41.1 Å². The first kappa shape index (κ1) is 22.1. The zero-order chi connectivity index (χ0) is 23.3. The third-order valence-electron chi connectivity index (χ3n) is 6.37. The Morgan fingerprint density at radius 2 is 2.06 bits per heavy atom. The van der Waals surface area contributed by atoms with E-state index in [1.165, 1.54) is 11.1 Å². The van der Waals surface area contributed by atoms with Gasteiger partial charge in [-0.05, 0) is 73.7 Å². The van der Waals surface area contributed by atoms with Gasteiger partial charge in [-0.3, -0.25) is 9.69 Å². The van der Waals surface area contributed by atoms with Crippen LogP contribution >= 0.6 is 23.2 Å². The van der Waals surface area contributed by atoms with E-state index in [2.05, 4.69) is 41.5 Å². The van der Waals surface area contributed by atoms with Crippen LogP contribution in [0.2, 0.25) is 5.02 Å². The third-order valence-corrected chi connectivity index (χ3v) is 6.79. The molecule has 0 spiro atoms. The molecule has 0 amide bonds. The first-order valence-electron chi connectivity index (χ1n) is 11.0. The lowest BCUT2D eigenvalue weighted by Crippen LogP contribution is -2.34. The first-order chi connectivity index (χ1) is 15.8. The smallest absolute Gasteiger partial charge is 0.258 e. The quantitative estimate of drug-likeness (QED) is 0.325. The summed E-state index contributed by atoms with van der Waals surface area (Å²) in [7, 11) is 0. The van der Waals surface area contributed by atoms with Gasteiger partial charge in [0.2, 0.25) is 11.1 Å². The van der Waals surface area contributed by atoms with Gasteiger partial charge in [-0.25, -0.2) is 0 Å². The molecule has 1 aliphatic rings. The fraction of sp³-hybridized carbons (Fsp3) is 0.320. The van der Waals surface area contributed by atoms with Crippen molar-refractivity contribution >= 4 is 39.3 Å². The highest BCUT2D eigenvalue weighted by atomic mass is 35.5. The largest absolute Gasteiger partial charge is 0.343 e. The third kappa shape index (κ3) is 4.07. The number of carbonyl (C=O) groups is 1. The summed E-state index contributed by atoms with van der Waals surface area (Å²) in [6.45, 7) is 8.12. The van der Waals surface area contributed by atoms with Gasteiger partial charge >= 0.3 is 0 Å². The van der Waals surface area contributed by atoms with Crippen molar-refractivity contribution in [2.24, 2.45) is 0 Å². The van der Waals surface area contributed by atoms with Crippen molar-refractivity contribution in [3.63, 3.8) is 0 Å². The van der Waals surface area contributed by atoms with Gasteiger partial charge in [0.15, 0.2) is 0 Å². The zero-order valence-corrected chi connectivity index (χ0v) is 20.2. The van der Waals surface area contributed by atoms with Gasteiger partial charge in [0.1, 0.15) is 0 Å². The van der Waals surface area contributed by atoms with Gasteiger partial charge < -0.3 is 9.09 Å². The summed E-state index contributed by atoms with van der Waals surface area (Å²) in [5, 5.41) is 5.61. The second-order valence-electron chi connectivity index (χ2n) is 8.82. The number of benzene rings is 2. The monoisotopic (exact) mass is 482 g/mol. The molecule has 0 aliphatic carbocycles. The lowest BCUT2D eigenvalue weighted by atomic mass is 9.91. The average molecular weight is 483 g/mol. The second kappa shape index (κ2) is 8.60. The van der Waals surface area contributed by atoms with E-state index in [4.69, 9.17) is 32.7 Å². The molecule has 1 aliphatic heterocycles. The number of nitrogens with zero attached hydrogens (tertiary/aromatic N) is 4. The minimum Gasteiger partial charge on any atom is -0.343 e. The van der Waals surface area contributed by atoms with E-state index in [1.807, 2.05) is 30.5 Å². The molecular weight excluding hydrogens is 459 g/mol. The number of rotatable bonds is 5. The molecule has 170 valence electrons. The SMILES string of the molecule is Cc1c(-c2noc(-c3ccc4c(c3)c(Cl)cn4C(C)C)n2)ccc2c1CCN(CC(=O)Cl)C2. The van der Waals surface area contributed by atoms with Crippen LogP contribution in [0.3, 0.4) is 0 Å². The maximum atomic E-state index is 11.3. The lowest BCUT2D eigenvalue weighted by Gasteiger charge is -2.29. The molecule has 0 unspecified atom stereocenters. The minimum absolute atomic E-state index is 0.269. The van der Waals surface area contributed by atoms with Crippen LogP contribution in [0, 0.1) is 6.92 Å². The second-order valence-corrected chi connectivity index (χ2v) is 9.65. The van der Waals surface area contributed by atoms with Gasteiger partial charge in [-0.1, -0.05) is 28.9 Å². The number of carbonyl (C=O) groups excluding carboxylic acids is 1. The summed E-state index contributed by atoms with van der Waals surface area (Å²) in [4.78, 5) is 18.0. The maximum absolute atomic E-state index is 11.3. The van der Waals surface area contributed by atoms with E-state index in [0.717, 1.165) is 40.6 Å². The van der Waals surface area contributed by atoms with Crippen LogP contribution < -0.4 is 0 Å². The number of hydrogen-bond donors (Lipinski definition) is 0. The molecule has 0 saturated carbocycles. The number of aromatic nitrogens is 3. The van der Waals surface area contributed by atoms with Crippen LogP contribution in [-0.2, 0) is 17.8 Å². The zero-order valence-electron chi connectivity index (χ0n) is 18.7. The molecular formula is C25H24Cl2N4O2. The van der Waals surface area contributed by atoms with Crippen molar-refractivity contribution < 1.29 is 9.32 Å². The Kier molecular flexibility index (Phi) is 5.77. The predicted molar refractivity (Wildman–Crippen MR) is 131 cm³/mol. The number of hydrogen-bond acceptors (Lipinski definition) is 5. The van der Waals surface area contributed by atoms with Crippen molar-refractivity contribution in [2.75, 3.05) is 13.1 Å². The van der Waals surface area contributed by atoms with Crippen LogP contribution in [0.5, 0.6) is 0 Å². The number of fused-ring (bicyclic) bond motifs is 2. The summed E-state index contributed by atoms with van der Waals surface area (Å²) < 4.78 is 7.79. The molecule has 0 N–H and O–H groups in total. The van der Waals surface area contributed by atoms with E-state index in [9.17, 15) is 4.79 Å². The minimum atomic E-state index is -0.327. The standard InChI is InChI=1S/C25H24Cl2N4O2/c1-14(2)31-12-21(26)20-10-16(5-7-22(20)31)25-28-24(29-33-25)19-6-4-17-11-30(13-23(27)32)9-8-18(17)15(19)3/h4-7,10,12,14H,8-9,11,13H2,1-3H3. The topological polar surface area (TPSA) is 64.2 Å². The Hall–Kier alpha value is -2.67. The van der Waals surface area contributed by atoms with Crippen molar-refractivity contribution in [1.29, 1.82) is 0 Å². The van der Waals surface area contributed by atoms with Crippen molar-refractivity contribution in [3.8, 4) is 22.8 Å². The van der Waals surface area contributed by atoms with Crippen LogP contribution in [0.1, 0.15) is 36.6 Å². The fourth-order valence-corrected chi connectivity index (χ4v) is 5.10. The predicted octanol–water partition coefficient (Wildman–Crippen LogP) is 6.02. The highest BCUT2D eigenvalue weighted by Crippen LogP contribution is 2.34.